The van der Waals surface area contributed by atoms with Gasteiger partial charge < -0.3 is 13.6 Å². The van der Waals surface area contributed by atoms with Crippen LogP contribution in [0.5, 0.6) is 5.75 Å². The van der Waals surface area contributed by atoms with Gasteiger partial charge in [0.25, 0.3) is 0 Å². The molecule has 0 saturated carbocycles. The third kappa shape index (κ3) is 3.88. The molecule has 132 valence electrons. The van der Waals surface area contributed by atoms with Crippen molar-refractivity contribution in [3.8, 4) is 16.9 Å². The second-order valence-corrected chi connectivity index (χ2v) is 6.56. The molecular weight excluding hydrogens is 310 g/mol. The second kappa shape index (κ2) is 7.75. The SMILES string of the molecule is CC[N+](CC)(CC)CCOc1ccc(-c2ccc3occc3c2)cc1. The summed E-state index contributed by atoms with van der Waals surface area (Å²) < 4.78 is 12.5. The van der Waals surface area contributed by atoms with Crippen molar-refractivity contribution in [2.75, 3.05) is 32.8 Å². The van der Waals surface area contributed by atoms with Crippen molar-refractivity contribution in [1.82, 2.24) is 0 Å². The van der Waals surface area contributed by atoms with E-state index >= 15 is 0 Å². The van der Waals surface area contributed by atoms with Crippen molar-refractivity contribution in [1.29, 1.82) is 0 Å². The van der Waals surface area contributed by atoms with E-state index in [1.165, 1.54) is 11.1 Å². The number of ether oxygens (including phenoxy) is 1. The van der Waals surface area contributed by atoms with E-state index in [0.29, 0.717) is 0 Å². The summed E-state index contributed by atoms with van der Waals surface area (Å²) in [5, 5.41) is 1.13. The number of quaternary nitrogens is 1. The highest BCUT2D eigenvalue weighted by Gasteiger charge is 2.20. The summed E-state index contributed by atoms with van der Waals surface area (Å²) in [5.74, 6) is 0.939. The maximum atomic E-state index is 5.99. The Morgan fingerprint density at radius 1 is 0.840 bits per heavy atom. The maximum Gasteiger partial charge on any atom is 0.137 e. The van der Waals surface area contributed by atoms with Gasteiger partial charge in [-0.2, -0.15) is 0 Å². The quantitative estimate of drug-likeness (QED) is 0.516. The van der Waals surface area contributed by atoms with Crippen molar-refractivity contribution < 1.29 is 13.6 Å². The molecular formula is C22H28NO2+. The van der Waals surface area contributed by atoms with E-state index in [0.717, 1.165) is 54.0 Å². The molecule has 0 spiro atoms. The Balaban J connectivity index is 1.64. The monoisotopic (exact) mass is 338 g/mol. The van der Waals surface area contributed by atoms with Crippen LogP contribution in [0.4, 0.5) is 0 Å². The first-order chi connectivity index (χ1) is 12.2. The highest BCUT2D eigenvalue weighted by Crippen LogP contribution is 2.26. The normalized spacial score (nSPS) is 11.8. The molecule has 0 aliphatic heterocycles. The Kier molecular flexibility index (Phi) is 5.44. The van der Waals surface area contributed by atoms with Crippen LogP contribution in [0.2, 0.25) is 0 Å². The molecule has 3 heteroatoms. The van der Waals surface area contributed by atoms with E-state index in [2.05, 4.69) is 57.2 Å². The largest absolute Gasteiger partial charge is 0.488 e. The molecule has 0 bridgehead atoms. The molecule has 1 heterocycles. The van der Waals surface area contributed by atoms with Crippen molar-refractivity contribution >= 4 is 11.0 Å². The van der Waals surface area contributed by atoms with Gasteiger partial charge >= 0.3 is 0 Å². The first kappa shape index (κ1) is 17.6. The number of hydrogen-bond acceptors (Lipinski definition) is 2. The van der Waals surface area contributed by atoms with E-state index < -0.39 is 0 Å². The van der Waals surface area contributed by atoms with Gasteiger partial charge in [0.1, 0.15) is 24.5 Å². The van der Waals surface area contributed by atoms with Gasteiger partial charge in [0, 0.05) is 5.39 Å². The minimum absolute atomic E-state index is 0.760. The van der Waals surface area contributed by atoms with Gasteiger partial charge in [0.15, 0.2) is 0 Å². The third-order valence-electron chi connectivity index (χ3n) is 5.49. The zero-order valence-corrected chi connectivity index (χ0v) is 15.5. The van der Waals surface area contributed by atoms with E-state index in [-0.39, 0.29) is 0 Å². The van der Waals surface area contributed by atoms with Crippen LogP contribution in [-0.2, 0) is 0 Å². The van der Waals surface area contributed by atoms with Crippen molar-refractivity contribution in [2.45, 2.75) is 20.8 Å². The molecule has 25 heavy (non-hydrogen) atoms. The van der Waals surface area contributed by atoms with Crippen molar-refractivity contribution in [3.05, 3.63) is 54.8 Å². The van der Waals surface area contributed by atoms with Crippen LogP contribution in [-0.4, -0.2) is 37.3 Å². The molecule has 0 aliphatic rings. The second-order valence-electron chi connectivity index (χ2n) is 6.56. The van der Waals surface area contributed by atoms with E-state index in [4.69, 9.17) is 9.15 Å². The summed E-state index contributed by atoms with van der Waals surface area (Å²) >= 11 is 0. The molecule has 0 saturated heterocycles. The Hall–Kier alpha value is -2.26. The van der Waals surface area contributed by atoms with Crippen molar-refractivity contribution in [2.24, 2.45) is 0 Å². The van der Waals surface area contributed by atoms with Crippen LogP contribution in [0.25, 0.3) is 22.1 Å². The van der Waals surface area contributed by atoms with Crippen LogP contribution in [0.15, 0.2) is 59.2 Å². The lowest BCUT2D eigenvalue weighted by atomic mass is 10.0. The Bertz CT molecular complexity index is 792. The highest BCUT2D eigenvalue weighted by molar-refractivity contribution is 5.83. The average molecular weight is 338 g/mol. The smallest absolute Gasteiger partial charge is 0.137 e. The van der Waals surface area contributed by atoms with Crippen LogP contribution in [0, 0.1) is 0 Å². The lowest BCUT2D eigenvalue weighted by Gasteiger charge is -2.35. The van der Waals surface area contributed by atoms with Crippen LogP contribution < -0.4 is 4.74 Å². The van der Waals surface area contributed by atoms with Gasteiger partial charge in [-0.05, 0) is 62.2 Å². The summed E-state index contributed by atoms with van der Waals surface area (Å²) in [6.07, 6.45) is 1.73. The molecule has 0 unspecified atom stereocenters. The van der Waals surface area contributed by atoms with E-state index in [9.17, 15) is 0 Å². The lowest BCUT2D eigenvalue weighted by Crippen LogP contribution is -2.49. The molecule has 3 aromatic rings. The fraction of sp³-hybridized carbons (Fsp3) is 0.364. The number of furan rings is 1. The summed E-state index contributed by atoms with van der Waals surface area (Å²) in [5.41, 5.74) is 3.31. The maximum absolute atomic E-state index is 5.99. The fourth-order valence-electron chi connectivity index (χ4n) is 3.39. The number of benzene rings is 2. The highest BCUT2D eigenvalue weighted by atomic mass is 16.5. The Morgan fingerprint density at radius 2 is 1.52 bits per heavy atom. The van der Waals surface area contributed by atoms with Crippen LogP contribution in [0.1, 0.15) is 20.8 Å². The lowest BCUT2D eigenvalue weighted by molar-refractivity contribution is -0.923. The zero-order valence-electron chi connectivity index (χ0n) is 15.5. The average Bonchev–Trinajstić information content (AvgIpc) is 3.14. The molecule has 2 aromatic carbocycles. The Morgan fingerprint density at radius 3 is 2.20 bits per heavy atom. The molecule has 0 N–H and O–H groups in total. The van der Waals surface area contributed by atoms with Gasteiger partial charge in [-0.25, -0.2) is 0 Å². The summed E-state index contributed by atoms with van der Waals surface area (Å²) in [6, 6.07) is 16.6. The van der Waals surface area contributed by atoms with E-state index in [1.807, 2.05) is 12.1 Å². The van der Waals surface area contributed by atoms with Crippen LogP contribution in [0.3, 0.4) is 0 Å². The van der Waals surface area contributed by atoms with Crippen LogP contribution >= 0.6 is 0 Å². The molecule has 3 nitrogen and oxygen atoms in total. The van der Waals surface area contributed by atoms with E-state index in [1.54, 1.807) is 6.26 Å². The molecule has 3 rings (SSSR count). The third-order valence-corrected chi connectivity index (χ3v) is 5.49. The number of fused-ring (bicyclic) bond motifs is 1. The molecule has 0 atom stereocenters. The Labute approximate surface area is 150 Å². The minimum atomic E-state index is 0.760. The summed E-state index contributed by atoms with van der Waals surface area (Å²) in [4.78, 5) is 0. The summed E-state index contributed by atoms with van der Waals surface area (Å²) in [6.45, 7) is 12.1. The predicted molar refractivity (Wildman–Crippen MR) is 104 cm³/mol. The molecule has 0 radical (unpaired) electrons. The fourth-order valence-corrected chi connectivity index (χ4v) is 3.39. The van der Waals surface area contributed by atoms with Gasteiger partial charge in [0.05, 0.1) is 25.9 Å². The number of likely N-dealkylation sites (N-methyl/N-ethyl adjacent to an activating group) is 1. The van der Waals surface area contributed by atoms with Crippen molar-refractivity contribution in [3.63, 3.8) is 0 Å². The number of rotatable bonds is 8. The zero-order chi connectivity index (χ0) is 17.7. The predicted octanol–water partition coefficient (Wildman–Crippen LogP) is 5.36. The molecule has 0 aliphatic carbocycles. The first-order valence-electron chi connectivity index (χ1n) is 9.25. The van der Waals surface area contributed by atoms with Gasteiger partial charge in [-0.3, -0.25) is 0 Å². The molecule has 0 fully saturated rings. The standard InChI is InChI=1S/C22H28NO2/c1-4-23(5-2,6-3)14-16-24-21-10-7-18(8-11-21)19-9-12-22-20(17-19)13-15-25-22/h7-13,15,17H,4-6,14,16H2,1-3H3/q+1. The van der Waals surface area contributed by atoms with Gasteiger partial charge in [0.2, 0.25) is 0 Å². The molecule has 0 amide bonds. The minimum Gasteiger partial charge on any atom is -0.488 e. The first-order valence-corrected chi connectivity index (χ1v) is 9.25. The number of nitrogens with zero attached hydrogens (tertiary/aromatic N) is 1. The molecule has 1 aromatic heterocycles. The van der Waals surface area contributed by atoms with Gasteiger partial charge in [-0.1, -0.05) is 18.2 Å². The van der Waals surface area contributed by atoms with Gasteiger partial charge in [-0.15, -0.1) is 0 Å². The topological polar surface area (TPSA) is 22.4 Å². The number of hydrogen-bond donors (Lipinski definition) is 0. The summed E-state index contributed by atoms with van der Waals surface area (Å²) in [7, 11) is 0.